The molecule has 0 amide bonds. The molecule has 0 radical (unpaired) electrons. The van der Waals surface area contributed by atoms with Gasteiger partial charge in [0.1, 0.15) is 0 Å². The highest BCUT2D eigenvalue weighted by molar-refractivity contribution is 6.30. The molecule has 0 saturated heterocycles. The van der Waals surface area contributed by atoms with Crippen LogP contribution in [0.3, 0.4) is 0 Å². The van der Waals surface area contributed by atoms with E-state index in [1.54, 1.807) is 19.1 Å². The van der Waals surface area contributed by atoms with Crippen LogP contribution < -0.4 is 5.32 Å². The van der Waals surface area contributed by atoms with Gasteiger partial charge < -0.3 is 10.4 Å². The summed E-state index contributed by atoms with van der Waals surface area (Å²) in [5.41, 5.74) is -0.260. The number of nitro benzene ring substituents is 1. The van der Waals surface area contributed by atoms with Crippen LogP contribution in [0, 0.1) is 10.1 Å². The summed E-state index contributed by atoms with van der Waals surface area (Å²) in [6.45, 7) is 4.30. The first-order chi connectivity index (χ1) is 8.35. The number of hydrogen-bond acceptors (Lipinski definition) is 4. The van der Waals surface area contributed by atoms with E-state index in [4.69, 9.17) is 11.6 Å². The fraction of sp³-hybridized carbons (Fsp3) is 0.500. The topological polar surface area (TPSA) is 75.4 Å². The minimum Gasteiger partial charge on any atom is -0.389 e. The molecule has 0 saturated carbocycles. The van der Waals surface area contributed by atoms with Crippen molar-refractivity contribution >= 4 is 17.3 Å². The summed E-state index contributed by atoms with van der Waals surface area (Å²) in [7, 11) is 0. The zero-order valence-electron chi connectivity index (χ0n) is 10.4. The van der Waals surface area contributed by atoms with E-state index in [0.717, 1.165) is 0 Å². The summed E-state index contributed by atoms with van der Waals surface area (Å²) in [4.78, 5) is 10.4. The van der Waals surface area contributed by atoms with E-state index in [0.29, 0.717) is 30.1 Å². The molecular formula is C12H17ClN2O3. The van der Waals surface area contributed by atoms with Gasteiger partial charge in [0.15, 0.2) is 0 Å². The summed E-state index contributed by atoms with van der Waals surface area (Å²) in [5, 5.41) is 24.0. The third kappa shape index (κ3) is 4.25. The first kappa shape index (κ1) is 14.9. The van der Waals surface area contributed by atoms with Crippen molar-refractivity contribution in [1.82, 2.24) is 5.32 Å². The molecule has 0 spiro atoms. The van der Waals surface area contributed by atoms with E-state index >= 15 is 0 Å². The van der Waals surface area contributed by atoms with Crippen LogP contribution in [0.2, 0.25) is 5.02 Å². The molecule has 0 heterocycles. The maximum Gasteiger partial charge on any atom is 0.275 e. The smallest absolute Gasteiger partial charge is 0.275 e. The molecule has 0 aliphatic heterocycles. The largest absolute Gasteiger partial charge is 0.389 e. The van der Waals surface area contributed by atoms with Crippen LogP contribution >= 0.6 is 11.6 Å². The van der Waals surface area contributed by atoms with Crippen LogP contribution in [0.5, 0.6) is 0 Å². The summed E-state index contributed by atoms with van der Waals surface area (Å²) < 4.78 is 0. The number of aliphatic hydroxyl groups is 1. The first-order valence-electron chi connectivity index (χ1n) is 5.71. The first-order valence-corrected chi connectivity index (χ1v) is 6.09. The Morgan fingerprint density at radius 2 is 2.22 bits per heavy atom. The predicted octanol–water partition coefficient (Wildman–Crippen LogP) is 2.50. The summed E-state index contributed by atoms with van der Waals surface area (Å²) in [5.74, 6) is 0. The highest BCUT2D eigenvalue weighted by Gasteiger charge is 2.18. The average molecular weight is 273 g/mol. The Morgan fingerprint density at radius 1 is 1.56 bits per heavy atom. The lowest BCUT2D eigenvalue weighted by molar-refractivity contribution is -0.385. The molecule has 1 atom stereocenters. The molecule has 5 nitrogen and oxygen atoms in total. The second-order valence-corrected chi connectivity index (χ2v) is 4.92. The van der Waals surface area contributed by atoms with Gasteiger partial charge in [-0.2, -0.15) is 0 Å². The summed E-state index contributed by atoms with van der Waals surface area (Å²) in [6, 6.07) is 4.56. The Labute approximate surface area is 111 Å². The fourth-order valence-electron chi connectivity index (χ4n) is 1.45. The van der Waals surface area contributed by atoms with Crippen LogP contribution in [0.4, 0.5) is 5.69 Å². The zero-order chi connectivity index (χ0) is 13.8. The second-order valence-electron chi connectivity index (χ2n) is 4.48. The second kappa shape index (κ2) is 6.13. The third-order valence-electron chi connectivity index (χ3n) is 2.83. The minimum atomic E-state index is -0.804. The number of nitrogens with zero attached hydrogens (tertiary/aromatic N) is 1. The van der Waals surface area contributed by atoms with Crippen molar-refractivity contribution in [2.24, 2.45) is 0 Å². The summed E-state index contributed by atoms with van der Waals surface area (Å²) in [6.07, 6.45) is 0.614. The molecule has 1 unspecified atom stereocenters. The maximum absolute atomic E-state index is 10.9. The van der Waals surface area contributed by atoms with Crippen LogP contribution in [0.25, 0.3) is 0 Å². The van der Waals surface area contributed by atoms with Gasteiger partial charge in [-0.1, -0.05) is 18.5 Å². The van der Waals surface area contributed by atoms with E-state index in [2.05, 4.69) is 5.32 Å². The summed E-state index contributed by atoms with van der Waals surface area (Å²) >= 11 is 5.73. The molecule has 100 valence electrons. The van der Waals surface area contributed by atoms with E-state index in [9.17, 15) is 15.2 Å². The Kier molecular flexibility index (Phi) is 5.07. The zero-order valence-corrected chi connectivity index (χ0v) is 11.2. The lowest BCUT2D eigenvalue weighted by atomic mass is 10.0. The SMILES string of the molecule is CCC(C)(O)CNCc1ccc(Cl)cc1[N+](=O)[O-]. The number of rotatable bonds is 6. The Balaban J connectivity index is 2.70. The van der Waals surface area contributed by atoms with Crippen molar-refractivity contribution in [3.05, 3.63) is 38.9 Å². The lowest BCUT2D eigenvalue weighted by Crippen LogP contribution is -2.36. The molecule has 1 aromatic carbocycles. The molecule has 1 rings (SSSR count). The van der Waals surface area contributed by atoms with E-state index < -0.39 is 10.5 Å². The lowest BCUT2D eigenvalue weighted by Gasteiger charge is -2.21. The van der Waals surface area contributed by atoms with Crippen molar-refractivity contribution in [2.75, 3.05) is 6.54 Å². The molecule has 0 bridgehead atoms. The van der Waals surface area contributed by atoms with Gasteiger partial charge in [0.05, 0.1) is 10.5 Å². The Bertz CT molecular complexity index is 435. The standard InChI is InChI=1S/C12H17ClN2O3/c1-3-12(2,16)8-14-7-9-4-5-10(13)6-11(9)15(17)18/h4-6,14,16H,3,7-8H2,1-2H3. The highest BCUT2D eigenvalue weighted by Crippen LogP contribution is 2.23. The molecule has 18 heavy (non-hydrogen) atoms. The van der Waals surface area contributed by atoms with Crippen LogP contribution in [0.15, 0.2) is 18.2 Å². The molecule has 2 N–H and O–H groups in total. The van der Waals surface area contributed by atoms with Gasteiger partial charge in [-0.3, -0.25) is 10.1 Å². The van der Waals surface area contributed by atoms with Gasteiger partial charge in [0.2, 0.25) is 0 Å². The number of nitro groups is 1. The molecule has 0 aromatic heterocycles. The van der Waals surface area contributed by atoms with E-state index in [1.165, 1.54) is 6.07 Å². The van der Waals surface area contributed by atoms with Gasteiger partial charge in [-0.05, 0) is 25.5 Å². The van der Waals surface area contributed by atoms with Crippen molar-refractivity contribution in [3.63, 3.8) is 0 Å². The molecule has 6 heteroatoms. The van der Waals surface area contributed by atoms with E-state index in [1.807, 2.05) is 6.92 Å². The minimum absolute atomic E-state index is 0.00820. The number of benzene rings is 1. The number of hydrogen-bond donors (Lipinski definition) is 2. The predicted molar refractivity (Wildman–Crippen MR) is 70.7 cm³/mol. The highest BCUT2D eigenvalue weighted by atomic mass is 35.5. The maximum atomic E-state index is 10.9. The van der Waals surface area contributed by atoms with Crippen LogP contribution in [-0.4, -0.2) is 22.2 Å². The van der Waals surface area contributed by atoms with Crippen LogP contribution in [0.1, 0.15) is 25.8 Å². The molecule has 1 aromatic rings. The van der Waals surface area contributed by atoms with Crippen molar-refractivity contribution in [1.29, 1.82) is 0 Å². The average Bonchev–Trinajstić information content (AvgIpc) is 2.30. The quantitative estimate of drug-likeness (QED) is 0.616. The third-order valence-corrected chi connectivity index (χ3v) is 3.06. The van der Waals surface area contributed by atoms with E-state index in [-0.39, 0.29) is 5.69 Å². The van der Waals surface area contributed by atoms with Crippen LogP contribution in [-0.2, 0) is 6.54 Å². The van der Waals surface area contributed by atoms with Gasteiger partial charge >= 0.3 is 0 Å². The normalized spacial score (nSPS) is 14.2. The van der Waals surface area contributed by atoms with Gasteiger partial charge in [0.25, 0.3) is 5.69 Å². The molecule has 0 aliphatic carbocycles. The number of halogens is 1. The van der Waals surface area contributed by atoms with Crippen molar-refractivity contribution in [3.8, 4) is 0 Å². The van der Waals surface area contributed by atoms with Crippen molar-refractivity contribution in [2.45, 2.75) is 32.4 Å². The Hall–Kier alpha value is -1.17. The van der Waals surface area contributed by atoms with Gasteiger partial charge in [-0.15, -0.1) is 0 Å². The molecule has 0 fully saturated rings. The molecular weight excluding hydrogens is 256 g/mol. The monoisotopic (exact) mass is 272 g/mol. The number of nitrogens with one attached hydrogen (secondary N) is 1. The van der Waals surface area contributed by atoms with Gasteiger partial charge in [0, 0.05) is 29.7 Å². The van der Waals surface area contributed by atoms with Crippen molar-refractivity contribution < 1.29 is 10.0 Å². The fourth-order valence-corrected chi connectivity index (χ4v) is 1.61. The van der Waals surface area contributed by atoms with Gasteiger partial charge in [-0.25, -0.2) is 0 Å². The Morgan fingerprint density at radius 3 is 2.78 bits per heavy atom. The molecule has 0 aliphatic rings.